The van der Waals surface area contributed by atoms with Crippen LogP contribution in [0.15, 0.2) is 4.99 Å². The zero-order valence-electron chi connectivity index (χ0n) is 28.6. The minimum absolute atomic E-state index is 0.00668. The second-order valence-electron chi connectivity index (χ2n) is 16.6. The van der Waals surface area contributed by atoms with Gasteiger partial charge < -0.3 is 40.5 Å². The molecule has 10 nitrogen and oxygen atoms in total. The van der Waals surface area contributed by atoms with Gasteiger partial charge in [-0.3, -0.25) is 9.79 Å². The topological polar surface area (TPSA) is 180 Å². The third kappa shape index (κ3) is 5.74. The molecular formula is C36H61NO9. The number of rotatable bonds is 11. The number of ketones is 1. The molecule has 4 aliphatic carbocycles. The first-order chi connectivity index (χ1) is 21.6. The van der Waals surface area contributed by atoms with E-state index in [1.807, 2.05) is 13.8 Å². The molecule has 10 heteroatoms. The quantitative estimate of drug-likeness (QED) is 0.165. The zero-order chi connectivity index (χ0) is 33.8. The van der Waals surface area contributed by atoms with E-state index in [-0.39, 0.29) is 55.2 Å². The Hall–Kier alpha value is -0.980. The number of ether oxygens (including phenoxy) is 1. The van der Waals surface area contributed by atoms with Gasteiger partial charge in [-0.2, -0.15) is 0 Å². The maximum Gasteiger partial charge on any atom is 0.180 e. The molecule has 5 fully saturated rings. The lowest BCUT2D eigenvalue weighted by atomic mass is 9.42. The highest BCUT2D eigenvalue weighted by Crippen LogP contribution is 2.69. The number of aliphatic hydroxyl groups excluding tert-OH is 5. The Bertz CT molecular complexity index is 1130. The van der Waals surface area contributed by atoms with Gasteiger partial charge in [0, 0.05) is 29.8 Å². The van der Waals surface area contributed by atoms with Crippen molar-refractivity contribution in [1.29, 1.82) is 0 Å². The van der Waals surface area contributed by atoms with Gasteiger partial charge in [-0.05, 0) is 82.0 Å². The number of nitrogens with zero attached hydrogens (tertiary/aromatic N) is 1. The second-order valence-corrected chi connectivity index (χ2v) is 16.6. The van der Waals surface area contributed by atoms with Gasteiger partial charge in [-0.25, -0.2) is 0 Å². The molecule has 1 aliphatic heterocycles. The van der Waals surface area contributed by atoms with Gasteiger partial charge in [0.15, 0.2) is 5.78 Å². The number of carbonyl (C=O) groups is 1. The minimum Gasteiger partial charge on any atom is -0.396 e. The van der Waals surface area contributed by atoms with Gasteiger partial charge in [0.2, 0.25) is 0 Å². The largest absolute Gasteiger partial charge is 0.396 e. The van der Waals surface area contributed by atoms with Crippen LogP contribution in [0.3, 0.4) is 0 Å². The predicted molar refractivity (Wildman–Crippen MR) is 173 cm³/mol. The van der Waals surface area contributed by atoms with Crippen molar-refractivity contribution in [3.63, 3.8) is 0 Å². The Morgan fingerprint density at radius 2 is 1.80 bits per heavy atom. The molecule has 1 heterocycles. The fourth-order valence-corrected chi connectivity index (χ4v) is 11.1. The van der Waals surface area contributed by atoms with Crippen molar-refractivity contribution >= 4 is 11.5 Å². The van der Waals surface area contributed by atoms with E-state index in [4.69, 9.17) is 4.74 Å². The number of fused-ring (bicyclic) bond motifs is 5. The molecule has 4 saturated carbocycles. The van der Waals surface area contributed by atoms with Crippen molar-refractivity contribution < 1.29 is 45.3 Å². The third-order valence-electron chi connectivity index (χ3n) is 13.9. The third-order valence-corrected chi connectivity index (χ3v) is 13.9. The summed E-state index contributed by atoms with van der Waals surface area (Å²) in [5, 5.41) is 78.9. The highest BCUT2D eigenvalue weighted by molar-refractivity contribution is 6.42. The lowest BCUT2D eigenvalue weighted by Crippen LogP contribution is -2.70. The van der Waals surface area contributed by atoms with Crippen molar-refractivity contribution in [3.8, 4) is 0 Å². The summed E-state index contributed by atoms with van der Waals surface area (Å²) < 4.78 is 6.13. The van der Waals surface area contributed by atoms with Gasteiger partial charge in [-0.1, -0.05) is 46.5 Å². The van der Waals surface area contributed by atoms with Crippen LogP contribution in [-0.2, 0) is 9.53 Å². The summed E-state index contributed by atoms with van der Waals surface area (Å²) in [4.78, 5) is 18.9. The molecule has 0 aromatic carbocycles. The molecule has 0 bridgehead atoms. The van der Waals surface area contributed by atoms with E-state index in [1.54, 1.807) is 13.8 Å². The average Bonchev–Trinajstić information content (AvgIpc) is 3.53. The van der Waals surface area contributed by atoms with Crippen LogP contribution in [-0.4, -0.2) is 109 Å². The number of aliphatic hydroxyl groups is 7. The Morgan fingerprint density at radius 1 is 1.09 bits per heavy atom. The average molecular weight is 652 g/mol. The molecule has 1 saturated heterocycles. The molecule has 46 heavy (non-hydrogen) atoms. The number of unbranched alkanes of at least 4 members (excludes halogenated alkanes) is 3. The summed E-state index contributed by atoms with van der Waals surface area (Å²) in [6, 6.07) is 0. The van der Waals surface area contributed by atoms with Crippen LogP contribution in [0.25, 0.3) is 0 Å². The summed E-state index contributed by atoms with van der Waals surface area (Å²) in [6.45, 7) is 9.64. The lowest BCUT2D eigenvalue weighted by Gasteiger charge is -2.64. The van der Waals surface area contributed by atoms with E-state index in [0.717, 1.165) is 32.1 Å². The number of hydrogen-bond donors (Lipinski definition) is 7. The monoisotopic (exact) mass is 651 g/mol. The van der Waals surface area contributed by atoms with Crippen molar-refractivity contribution in [2.75, 3.05) is 19.8 Å². The van der Waals surface area contributed by atoms with E-state index in [1.165, 1.54) is 0 Å². The van der Waals surface area contributed by atoms with E-state index < -0.39 is 70.3 Å². The summed E-state index contributed by atoms with van der Waals surface area (Å²) >= 11 is 0. The number of aliphatic imine (C=N–C) groups is 1. The van der Waals surface area contributed by atoms with Crippen molar-refractivity contribution in [2.24, 2.45) is 51.3 Å². The first-order valence-electron chi connectivity index (χ1n) is 18.1. The predicted octanol–water partition coefficient (Wildman–Crippen LogP) is 2.41. The molecular weight excluding hydrogens is 590 g/mol. The van der Waals surface area contributed by atoms with E-state index in [2.05, 4.69) is 11.9 Å². The van der Waals surface area contributed by atoms with Crippen molar-refractivity contribution in [1.82, 2.24) is 0 Å². The van der Waals surface area contributed by atoms with E-state index >= 15 is 0 Å². The zero-order valence-corrected chi connectivity index (χ0v) is 28.6. The standard InChI is InChI=1S/C36H61NO9/c1-6-7-8-9-10-21-19-46-31(22(21)18-38)32(43)35(5,44)27-12-14-36(45)28-23(11-13-34(27,36)4)33(3)16-26(41)25(40)15-24(33)30(42)29(28)37-17-20(2)39/h20-28,31-32,38-41,43-45H,6-19H2,1-5H3. The number of carbonyl (C=O) groups excluding carboxylic acids is 1. The molecule has 0 amide bonds. The maximum absolute atomic E-state index is 14.2. The van der Waals surface area contributed by atoms with Crippen LogP contribution >= 0.6 is 0 Å². The van der Waals surface area contributed by atoms with Gasteiger partial charge in [0.1, 0.15) is 6.10 Å². The first-order valence-corrected chi connectivity index (χ1v) is 18.1. The molecule has 7 N–H and O–H groups in total. The van der Waals surface area contributed by atoms with Crippen molar-refractivity contribution in [3.05, 3.63) is 0 Å². The minimum atomic E-state index is -1.66. The van der Waals surface area contributed by atoms with Gasteiger partial charge in [-0.15, -0.1) is 0 Å². The fraction of sp³-hybridized carbons (Fsp3) is 0.944. The molecule has 0 aromatic rings. The van der Waals surface area contributed by atoms with Gasteiger partial charge in [0.25, 0.3) is 0 Å². The molecule has 15 unspecified atom stereocenters. The normalized spacial score (nSPS) is 47.6. The summed E-state index contributed by atoms with van der Waals surface area (Å²) in [7, 11) is 0. The van der Waals surface area contributed by atoms with Crippen LogP contribution in [0.4, 0.5) is 0 Å². The molecule has 5 aliphatic rings. The number of Topliss-reactive ketones (excluding diaryl/α,β-unsaturated/α-hetero) is 1. The smallest absolute Gasteiger partial charge is 0.180 e. The van der Waals surface area contributed by atoms with E-state index in [0.29, 0.717) is 32.3 Å². The molecule has 0 spiro atoms. The van der Waals surface area contributed by atoms with E-state index in [9.17, 15) is 40.5 Å². The number of hydrogen-bond acceptors (Lipinski definition) is 10. The van der Waals surface area contributed by atoms with Crippen LogP contribution in [0.5, 0.6) is 0 Å². The Kier molecular flexibility index (Phi) is 10.6. The molecule has 5 rings (SSSR count). The molecule has 0 aromatic heterocycles. The highest BCUT2D eigenvalue weighted by atomic mass is 16.5. The fourth-order valence-electron chi connectivity index (χ4n) is 11.1. The van der Waals surface area contributed by atoms with Crippen LogP contribution in [0, 0.1) is 46.3 Å². The SMILES string of the molecule is CCCCCCC1COC(C(O)C(C)(O)C2CCC3(O)C4C(=NCC(C)O)C(=O)C5CC(O)C(O)CC5(C)C4CCC23C)C1CO. The van der Waals surface area contributed by atoms with Crippen LogP contribution in [0.2, 0.25) is 0 Å². The summed E-state index contributed by atoms with van der Waals surface area (Å²) in [5.74, 6) is -2.42. The first kappa shape index (κ1) is 36.3. The van der Waals surface area contributed by atoms with Crippen LogP contribution in [0.1, 0.15) is 105 Å². The summed E-state index contributed by atoms with van der Waals surface area (Å²) in [6.07, 6.45) is 2.74. The Morgan fingerprint density at radius 3 is 2.46 bits per heavy atom. The molecule has 264 valence electrons. The lowest BCUT2D eigenvalue weighted by molar-refractivity contribution is -0.222. The highest BCUT2D eigenvalue weighted by Gasteiger charge is 2.73. The van der Waals surface area contributed by atoms with Gasteiger partial charge >= 0.3 is 0 Å². The molecule has 15 atom stereocenters. The summed E-state index contributed by atoms with van der Waals surface area (Å²) in [5.41, 5.74) is -4.42. The van der Waals surface area contributed by atoms with Crippen LogP contribution < -0.4 is 0 Å². The van der Waals surface area contributed by atoms with Crippen molar-refractivity contribution in [2.45, 2.75) is 147 Å². The van der Waals surface area contributed by atoms with Gasteiger partial charge in [0.05, 0.1) is 54.5 Å². The maximum atomic E-state index is 14.2. The Labute approximate surface area is 274 Å². The second kappa shape index (κ2) is 13.4. The molecule has 0 radical (unpaired) electrons. The Balaban J connectivity index is 1.45.